The van der Waals surface area contributed by atoms with E-state index < -0.39 is 0 Å². The Bertz CT molecular complexity index is 387. The largest absolute Gasteiger partial charge is 0.486 e. The molecule has 86 valence electrons. The number of benzene rings is 1. The Balaban J connectivity index is 2.17. The molecule has 0 bridgehead atoms. The first kappa shape index (κ1) is 10.8. The van der Waals surface area contributed by atoms with Crippen LogP contribution in [0.5, 0.6) is 17.2 Å². The van der Waals surface area contributed by atoms with Crippen molar-refractivity contribution >= 4 is 5.97 Å². The second-order valence-corrected chi connectivity index (χ2v) is 3.50. The molecular formula is C12H14O4. The Labute approximate surface area is 94.1 Å². The fourth-order valence-electron chi connectivity index (χ4n) is 1.51. The van der Waals surface area contributed by atoms with Gasteiger partial charge >= 0.3 is 5.97 Å². The second-order valence-electron chi connectivity index (χ2n) is 3.50. The van der Waals surface area contributed by atoms with Gasteiger partial charge in [0.1, 0.15) is 13.2 Å². The monoisotopic (exact) mass is 222 g/mol. The molecule has 0 aromatic heterocycles. The van der Waals surface area contributed by atoms with E-state index in [1.54, 1.807) is 18.2 Å². The molecule has 4 nitrogen and oxygen atoms in total. The fourth-order valence-corrected chi connectivity index (χ4v) is 1.51. The Kier molecular flexibility index (Phi) is 3.29. The number of fused-ring (bicyclic) bond motifs is 1. The van der Waals surface area contributed by atoms with Crippen molar-refractivity contribution in [3.8, 4) is 17.2 Å². The van der Waals surface area contributed by atoms with Gasteiger partial charge in [-0.05, 0) is 18.6 Å². The number of carbonyl (C=O) groups excluding carboxylic acids is 1. The van der Waals surface area contributed by atoms with Crippen molar-refractivity contribution in [3.05, 3.63) is 18.2 Å². The van der Waals surface area contributed by atoms with E-state index in [4.69, 9.17) is 14.2 Å². The van der Waals surface area contributed by atoms with Gasteiger partial charge in [0, 0.05) is 6.42 Å². The number of esters is 1. The number of hydrogen-bond donors (Lipinski definition) is 0. The molecule has 4 heteroatoms. The summed E-state index contributed by atoms with van der Waals surface area (Å²) in [5.74, 6) is 1.35. The second kappa shape index (κ2) is 4.88. The van der Waals surface area contributed by atoms with Crippen LogP contribution in [-0.4, -0.2) is 19.2 Å². The van der Waals surface area contributed by atoms with Crippen molar-refractivity contribution in [2.75, 3.05) is 13.2 Å². The van der Waals surface area contributed by atoms with Crippen LogP contribution in [-0.2, 0) is 4.79 Å². The highest BCUT2D eigenvalue weighted by molar-refractivity contribution is 5.73. The minimum Gasteiger partial charge on any atom is -0.486 e. The van der Waals surface area contributed by atoms with Gasteiger partial charge in [0.05, 0.1) is 0 Å². The first-order valence-electron chi connectivity index (χ1n) is 5.40. The van der Waals surface area contributed by atoms with E-state index in [9.17, 15) is 4.79 Å². The third-order valence-electron chi connectivity index (χ3n) is 2.21. The third kappa shape index (κ3) is 2.27. The van der Waals surface area contributed by atoms with E-state index in [1.165, 1.54) is 0 Å². The van der Waals surface area contributed by atoms with Gasteiger partial charge in [0.25, 0.3) is 0 Å². The molecule has 0 unspecified atom stereocenters. The molecule has 2 rings (SSSR count). The standard InChI is InChI=1S/C12H14O4/c1-2-4-11(13)16-10-6-3-5-9-12(10)15-8-7-14-9/h3,5-6H,2,4,7-8H2,1H3. The zero-order valence-corrected chi connectivity index (χ0v) is 9.19. The van der Waals surface area contributed by atoms with Gasteiger partial charge in [-0.2, -0.15) is 0 Å². The summed E-state index contributed by atoms with van der Waals surface area (Å²) in [4.78, 5) is 11.4. The molecule has 1 aliphatic rings. The van der Waals surface area contributed by atoms with Crippen LogP contribution in [0.4, 0.5) is 0 Å². The molecule has 0 saturated heterocycles. The van der Waals surface area contributed by atoms with Gasteiger partial charge in [0.2, 0.25) is 5.75 Å². The predicted octanol–water partition coefficient (Wildman–Crippen LogP) is 2.16. The summed E-state index contributed by atoms with van der Waals surface area (Å²) in [6, 6.07) is 5.29. The first-order valence-corrected chi connectivity index (χ1v) is 5.40. The topological polar surface area (TPSA) is 44.8 Å². The predicted molar refractivity (Wildman–Crippen MR) is 58.0 cm³/mol. The van der Waals surface area contributed by atoms with Gasteiger partial charge in [-0.1, -0.05) is 13.0 Å². The summed E-state index contributed by atoms with van der Waals surface area (Å²) in [6.07, 6.45) is 1.18. The smallest absolute Gasteiger partial charge is 0.311 e. The molecular weight excluding hydrogens is 208 g/mol. The van der Waals surface area contributed by atoms with E-state index in [0.29, 0.717) is 36.9 Å². The van der Waals surface area contributed by atoms with Crippen LogP contribution < -0.4 is 14.2 Å². The maximum atomic E-state index is 11.4. The molecule has 0 amide bonds. The highest BCUT2D eigenvalue weighted by atomic mass is 16.6. The van der Waals surface area contributed by atoms with E-state index >= 15 is 0 Å². The van der Waals surface area contributed by atoms with E-state index in [2.05, 4.69) is 0 Å². The average molecular weight is 222 g/mol. The molecule has 0 N–H and O–H groups in total. The summed E-state index contributed by atoms with van der Waals surface area (Å²) >= 11 is 0. The number of carbonyl (C=O) groups is 1. The SMILES string of the molecule is CCCC(=O)Oc1cccc2c1OCCO2. The summed E-state index contributed by atoms with van der Waals surface area (Å²) < 4.78 is 16.0. The van der Waals surface area contributed by atoms with Crippen LogP contribution >= 0.6 is 0 Å². The van der Waals surface area contributed by atoms with Crippen LogP contribution in [0, 0.1) is 0 Å². The minimum atomic E-state index is -0.245. The van der Waals surface area contributed by atoms with Crippen molar-refractivity contribution in [1.82, 2.24) is 0 Å². The molecule has 16 heavy (non-hydrogen) atoms. The molecule has 0 aliphatic carbocycles. The van der Waals surface area contributed by atoms with Crippen molar-refractivity contribution in [3.63, 3.8) is 0 Å². The van der Waals surface area contributed by atoms with Gasteiger partial charge in [-0.25, -0.2) is 0 Å². The van der Waals surface area contributed by atoms with Crippen LogP contribution in [0.15, 0.2) is 18.2 Å². The van der Waals surface area contributed by atoms with Crippen molar-refractivity contribution in [2.24, 2.45) is 0 Å². The Morgan fingerprint density at radius 2 is 2.19 bits per heavy atom. The van der Waals surface area contributed by atoms with Crippen molar-refractivity contribution < 1.29 is 19.0 Å². The highest BCUT2D eigenvalue weighted by Gasteiger charge is 2.18. The van der Waals surface area contributed by atoms with Crippen LogP contribution in [0.2, 0.25) is 0 Å². The summed E-state index contributed by atoms with van der Waals surface area (Å²) in [6.45, 7) is 2.94. The van der Waals surface area contributed by atoms with Gasteiger partial charge < -0.3 is 14.2 Å². The lowest BCUT2D eigenvalue weighted by Crippen LogP contribution is -2.17. The van der Waals surface area contributed by atoms with Crippen LogP contribution in [0.3, 0.4) is 0 Å². The number of ether oxygens (including phenoxy) is 3. The fraction of sp³-hybridized carbons (Fsp3) is 0.417. The third-order valence-corrected chi connectivity index (χ3v) is 2.21. The lowest BCUT2D eigenvalue weighted by atomic mass is 10.2. The molecule has 0 saturated carbocycles. The quantitative estimate of drug-likeness (QED) is 0.580. The van der Waals surface area contributed by atoms with E-state index in [0.717, 1.165) is 6.42 Å². The lowest BCUT2D eigenvalue weighted by molar-refractivity contribution is -0.134. The molecule has 0 radical (unpaired) electrons. The van der Waals surface area contributed by atoms with E-state index in [-0.39, 0.29) is 5.97 Å². The molecule has 0 spiro atoms. The molecule has 1 aliphatic heterocycles. The molecule has 0 fully saturated rings. The Hall–Kier alpha value is -1.71. The normalized spacial score (nSPS) is 13.3. The van der Waals surface area contributed by atoms with Gasteiger partial charge in [-0.15, -0.1) is 0 Å². The summed E-state index contributed by atoms with van der Waals surface area (Å²) in [7, 11) is 0. The first-order chi connectivity index (χ1) is 7.81. The molecule has 1 aromatic carbocycles. The number of para-hydroxylation sites is 1. The van der Waals surface area contributed by atoms with Gasteiger partial charge in [0.15, 0.2) is 11.5 Å². The number of hydrogen-bond acceptors (Lipinski definition) is 4. The zero-order chi connectivity index (χ0) is 11.4. The zero-order valence-electron chi connectivity index (χ0n) is 9.19. The Morgan fingerprint density at radius 3 is 3.00 bits per heavy atom. The highest BCUT2D eigenvalue weighted by Crippen LogP contribution is 2.39. The van der Waals surface area contributed by atoms with Crippen LogP contribution in [0.1, 0.15) is 19.8 Å². The van der Waals surface area contributed by atoms with Crippen molar-refractivity contribution in [1.29, 1.82) is 0 Å². The average Bonchev–Trinajstić information content (AvgIpc) is 2.30. The molecule has 1 heterocycles. The lowest BCUT2D eigenvalue weighted by Gasteiger charge is -2.20. The maximum Gasteiger partial charge on any atom is 0.311 e. The maximum absolute atomic E-state index is 11.4. The Morgan fingerprint density at radius 1 is 1.38 bits per heavy atom. The molecule has 1 aromatic rings. The van der Waals surface area contributed by atoms with Crippen molar-refractivity contribution in [2.45, 2.75) is 19.8 Å². The minimum absolute atomic E-state index is 0.245. The van der Waals surface area contributed by atoms with Crippen LogP contribution in [0.25, 0.3) is 0 Å². The summed E-state index contributed by atoms with van der Waals surface area (Å²) in [5.41, 5.74) is 0. The molecule has 0 atom stereocenters. The van der Waals surface area contributed by atoms with Gasteiger partial charge in [-0.3, -0.25) is 4.79 Å². The summed E-state index contributed by atoms with van der Waals surface area (Å²) in [5, 5.41) is 0. The number of rotatable bonds is 3. The van der Waals surface area contributed by atoms with E-state index in [1.807, 2.05) is 6.92 Å².